The van der Waals surface area contributed by atoms with E-state index in [1.54, 1.807) is 0 Å². The molecule has 0 spiro atoms. The van der Waals surface area contributed by atoms with Crippen LogP contribution in [-0.4, -0.2) is 0 Å². The Labute approximate surface area is 187 Å². The molecule has 0 aliphatic carbocycles. The highest BCUT2D eigenvalue weighted by atomic mass is 32.1. The summed E-state index contributed by atoms with van der Waals surface area (Å²) >= 11 is 3.98. The molecule has 0 saturated heterocycles. The van der Waals surface area contributed by atoms with E-state index in [1.165, 1.54) is 103 Å². The summed E-state index contributed by atoms with van der Waals surface area (Å²) in [5.41, 5.74) is 2.98. The summed E-state index contributed by atoms with van der Waals surface area (Å²) in [5.74, 6) is 0. The molecule has 0 N–H and O–H groups in total. The van der Waals surface area contributed by atoms with Crippen molar-refractivity contribution in [3.63, 3.8) is 0 Å². The maximum absolute atomic E-state index is 2.45. The standard InChI is InChI=1S/C28H30S2/c1-3-5-7-9-19-11-13-21-23-15-16-24-22-14-12-20(10-8-6-4-2)18-26(22)30-28(24)27(23)29-25(21)17-19/h11-18H,3-10H2,1-2H3. The first-order valence-corrected chi connectivity index (χ1v) is 13.2. The van der Waals surface area contributed by atoms with E-state index >= 15 is 0 Å². The van der Waals surface area contributed by atoms with Crippen LogP contribution in [0.3, 0.4) is 0 Å². The molecule has 2 aromatic heterocycles. The van der Waals surface area contributed by atoms with Gasteiger partial charge in [0.2, 0.25) is 0 Å². The number of hydrogen-bond acceptors (Lipinski definition) is 2. The highest BCUT2D eigenvalue weighted by Gasteiger charge is 2.13. The largest absolute Gasteiger partial charge is 0.134 e. The van der Waals surface area contributed by atoms with Crippen molar-refractivity contribution in [1.29, 1.82) is 0 Å². The van der Waals surface area contributed by atoms with Crippen molar-refractivity contribution in [2.24, 2.45) is 0 Å². The van der Waals surface area contributed by atoms with Gasteiger partial charge in [0.15, 0.2) is 0 Å². The summed E-state index contributed by atoms with van der Waals surface area (Å²) < 4.78 is 5.84. The first-order chi connectivity index (χ1) is 14.8. The quantitative estimate of drug-likeness (QED) is 0.215. The van der Waals surface area contributed by atoms with E-state index in [-0.39, 0.29) is 0 Å². The molecule has 0 amide bonds. The van der Waals surface area contributed by atoms with Crippen LogP contribution in [0.15, 0.2) is 48.5 Å². The average Bonchev–Trinajstić information content (AvgIpc) is 3.31. The highest BCUT2D eigenvalue weighted by Crippen LogP contribution is 2.44. The minimum Gasteiger partial charge on any atom is -0.134 e. The fourth-order valence-electron chi connectivity index (χ4n) is 4.63. The molecule has 154 valence electrons. The van der Waals surface area contributed by atoms with Crippen LogP contribution in [0, 0.1) is 0 Å². The van der Waals surface area contributed by atoms with Gasteiger partial charge in [0.25, 0.3) is 0 Å². The van der Waals surface area contributed by atoms with Crippen LogP contribution >= 0.6 is 22.7 Å². The summed E-state index contributed by atoms with van der Waals surface area (Å²) in [4.78, 5) is 0. The van der Waals surface area contributed by atoms with Gasteiger partial charge in [-0.2, -0.15) is 0 Å². The number of unbranched alkanes of at least 4 members (excludes halogenated alkanes) is 4. The van der Waals surface area contributed by atoms with E-state index in [2.05, 4.69) is 62.4 Å². The lowest BCUT2D eigenvalue weighted by Gasteiger charge is -2.01. The van der Waals surface area contributed by atoms with E-state index < -0.39 is 0 Å². The zero-order chi connectivity index (χ0) is 20.5. The monoisotopic (exact) mass is 430 g/mol. The molecule has 5 rings (SSSR count). The molecule has 0 atom stereocenters. The molecule has 3 aromatic carbocycles. The van der Waals surface area contributed by atoms with Crippen LogP contribution in [0.1, 0.15) is 63.5 Å². The molecule has 0 aliphatic heterocycles. The number of benzene rings is 3. The van der Waals surface area contributed by atoms with Crippen molar-refractivity contribution in [1.82, 2.24) is 0 Å². The number of aryl methyl sites for hydroxylation is 2. The molecule has 30 heavy (non-hydrogen) atoms. The Kier molecular flexibility index (Phi) is 5.80. The second-order valence-corrected chi connectivity index (χ2v) is 10.7. The Balaban J connectivity index is 1.58. The minimum atomic E-state index is 1.21. The van der Waals surface area contributed by atoms with Gasteiger partial charge in [0.05, 0.1) is 9.40 Å². The third kappa shape index (κ3) is 3.65. The van der Waals surface area contributed by atoms with E-state index in [9.17, 15) is 0 Å². The van der Waals surface area contributed by atoms with Gasteiger partial charge < -0.3 is 0 Å². The fraction of sp³-hybridized carbons (Fsp3) is 0.357. The Morgan fingerprint density at radius 2 is 0.967 bits per heavy atom. The third-order valence-electron chi connectivity index (χ3n) is 6.35. The molecular weight excluding hydrogens is 400 g/mol. The zero-order valence-electron chi connectivity index (χ0n) is 18.1. The predicted octanol–water partition coefficient (Wildman–Crippen LogP) is 9.89. The molecule has 2 heterocycles. The van der Waals surface area contributed by atoms with E-state index in [1.807, 2.05) is 22.7 Å². The first-order valence-electron chi connectivity index (χ1n) is 11.6. The van der Waals surface area contributed by atoms with Crippen LogP contribution in [0.2, 0.25) is 0 Å². The van der Waals surface area contributed by atoms with Gasteiger partial charge in [-0.25, -0.2) is 0 Å². The van der Waals surface area contributed by atoms with Crippen molar-refractivity contribution >= 4 is 63.0 Å². The summed E-state index contributed by atoms with van der Waals surface area (Å²) in [7, 11) is 0. The van der Waals surface area contributed by atoms with Crippen LogP contribution in [0.25, 0.3) is 40.3 Å². The summed E-state index contributed by atoms with van der Waals surface area (Å²) in [5, 5.41) is 5.71. The number of fused-ring (bicyclic) bond motifs is 7. The Morgan fingerprint density at radius 3 is 1.40 bits per heavy atom. The van der Waals surface area contributed by atoms with Gasteiger partial charge in [0, 0.05) is 30.9 Å². The molecule has 0 bridgehead atoms. The summed E-state index contributed by atoms with van der Waals surface area (Å²) in [6, 6.07) is 19.0. The van der Waals surface area contributed by atoms with Gasteiger partial charge in [-0.05, 0) is 48.9 Å². The van der Waals surface area contributed by atoms with Crippen molar-refractivity contribution in [2.45, 2.75) is 65.2 Å². The average molecular weight is 431 g/mol. The van der Waals surface area contributed by atoms with Crippen LogP contribution in [-0.2, 0) is 12.8 Å². The molecule has 0 unspecified atom stereocenters. The smallest absolute Gasteiger partial charge is 0.0534 e. The second-order valence-electron chi connectivity index (χ2n) is 8.60. The van der Waals surface area contributed by atoms with Crippen molar-refractivity contribution in [3.8, 4) is 0 Å². The number of rotatable bonds is 8. The Morgan fingerprint density at radius 1 is 0.533 bits per heavy atom. The van der Waals surface area contributed by atoms with Crippen molar-refractivity contribution < 1.29 is 0 Å². The molecule has 5 aromatic rings. The maximum atomic E-state index is 2.45. The van der Waals surface area contributed by atoms with E-state index in [0.717, 1.165) is 0 Å². The van der Waals surface area contributed by atoms with Gasteiger partial charge in [-0.1, -0.05) is 75.9 Å². The van der Waals surface area contributed by atoms with Crippen molar-refractivity contribution in [2.75, 3.05) is 0 Å². The molecule has 0 saturated carbocycles. The predicted molar refractivity (Wildman–Crippen MR) is 139 cm³/mol. The normalized spacial score (nSPS) is 12.1. The van der Waals surface area contributed by atoms with Gasteiger partial charge in [0.1, 0.15) is 0 Å². The fourth-order valence-corrected chi connectivity index (χ4v) is 7.29. The SMILES string of the molecule is CCCCCc1ccc2c(c1)sc1c2ccc2c3ccc(CCCCC)cc3sc21. The topological polar surface area (TPSA) is 0 Å². The molecule has 0 fully saturated rings. The van der Waals surface area contributed by atoms with E-state index in [4.69, 9.17) is 0 Å². The lowest BCUT2D eigenvalue weighted by Crippen LogP contribution is -1.84. The van der Waals surface area contributed by atoms with Crippen LogP contribution in [0.5, 0.6) is 0 Å². The lowest BCUT2D eigenvalue weighted by molar-refractivity contribution is 0.718. The Hall–Kier alpha value is -1.90. The third-order valence-corrected chi connectivity index (χ3v) is 8.85. The molecule has 0 nitrogen and oxygen atoms in total. The number of thiophene rings is 2. The summed E-state index contributed by atoms with van der Waals surface area (Å²) in [6.45, 7) is 4.55. The summed E-state index contributed by atoms with van der Waals surface area (Å²) in [6.07, 6.45) is 10.2. The molecule has 0 aliphatic rings. The maximum Gasteiger partial charge on any atom is 0.0534 e. The molecule has 0 radical (unpaired) electrons. The highest BCUT2D eigenvalue weighted by molar-refractivity contribution is 7.33. The van der Waals surface area contributed by atoms with Crippen LogP contribution < -0.4 is 0 Å². The second kappa shape index (κ2) is 8.69. The van der Waals surface area contributed by atoms with Gasteiger partial charge in [-0.3, -0.25) is 0 Å². The first kappa shape index (κ1) is 20.0. The minimum absolute atomic E-state index is 1.21. The number of hydrogen-bond donors (Lipinski definition) is 0. The zero-order valence-corrected chi connectivity index (χ0v) is 19.7. The Bertz CT molecular complexity index is 1220. The van der Waals surface area contributed by atoms with Gasteiger partial charge in [-0.15, -0.1) is 22.7 Å². The van der Waals surface area contributed by atoms with Gasteiger partial charge >= 0.3 is 0 Å². The molecule has 2 heteroatoms. The lowest BCUT2D eigenvalue weighted by atomic mass is 10.0. The molecular formula is C28H30S2. The van der Waals surface area contributed by atoms with Crippen LogP contribution in [0.4, 0.5) is 0 Å². The van der Waals surface area contributed by atoms with Crippen molar-refractivity contribution in [3.05, 3.63) is 59.7 Å². The van der Waals surface area contributed by atoms with E-state index in [0.29, 0.717) is 0 Å².